The van der Waals surface area contributed by atoms with Crippen LogP contribution >= 0.6 is 0 Å². The maximum absolute atomic E-state index is 10.6. The van der Waals surface area contributed by atoms with Crippen molar-refractivity contribution in [2.45, 2.75) is 6.92 Å². The quantitative estimate of drug-likeness (QED) is 0.573. The molecule has 0 N–H and O–H groups in total. The number of hydrogen-bond donors (Lipinski definition) is 0. The summed E-state index contributed by atoms with van der Waals surface area (Å²) in [7, 11) is 1.38. The van der Waals surface area contributed by atoms with Gasteiger partial charge in [0.05, 0.1) is 24.7 Å². The highest BCUT2D eigenvalue weighted by Crippen LogP contribution is 2.35. The Kier molecular flexibility index (Phi) is 3.67. The molecular formula is C10H10N2O4. The zero-order valence-electron chi connectivity index (χ0n) is 8.89. The van der Waals surface area contributed by atoms with E-state index in [0.29, 0.717) is 6.61 Å². The molecule has 0 heterocycles. The Balaban J connectivity index is 3.38. The van der Waals surface area contributed by atoms with Crippen molar-refractivity contribution in [3.63, 3.8) is 0 Å². The fraction of sp³-hybridized carbons (Fsp3) is 0.300. The molecule has 0 amide bonds. The predicted octanol–water partition coefficient (Wildman–Crippen LogP) is 1.87. The third-order valence-corrected chi connectivity index (χ3v) is 1.87. The number of methoxy groups -OCH3 is 1. The zero-order chi connectivity index (χ0) is 12.1. The molecule has 6 nitrogen and oxygen atoms in total. The van der Waals surface area contributed by atoms with Gasteiger partial charge in [-0.15, -0.1) is 0 Å². The van der Waals surface area contributed by atoms with E-state index in [4.69, 9.17) is 14.7 Å². The minimum absolute atomic E-state index is 0.0835. The maximum Gasteiger partial charge on any atom is 0.274 e. The lowest BCUT2D eigenvalue weighted by Crippen LogP contribution is -1.99. The van der Waals surface area contributed by atoms with Gasteiger partial charge in [0.15, 0.2) is 11.5 Å². The van der Waals surface area contributed by atoms with Gasteiger partial charge in [-0.3, -0.25) is 10.1 Å². The van der Waals surface area contributed by atoms with Crippen molar-refractivity contribution >= 4 is 5.69 Å². The molecule has 0 saturated carbocycles. The van der Waals surface area contributed by atoms with Crippen LogP contribution in [0.1, 0.15) is 12.5 Å². The highest BCUT2D eigenvalue weighted by Gasteiger charge is 2.18. The maximum atomic E-state index is 10.6. The third kappa shape index (κ3) is 2.20. The number of hydrogen-bond acceptors (Lipinski definition) is 5. The summed E-state index contributed by atoms with van der Waals surface area (Å²) in [4.78, 5) is 10.0. The summed E-state index contributed by atoms with van der Waals surface area (Å²) in [5, 5.41) is 19.5. The van der Waals surface area contributed by atoms with E-state index in [2.05, 4.69) is 0 Å². The van der Waals surface area contributed by atoms with E-state index in [1.165, 1.54) is 13.2 Å². The van der Waals surface area contributed by atoms with Crippen LogP contribution in [0.3, 0.4) is 0 Å². The Labute approximate surface area is 92.2 Å². The van der Waals surface area contributed by atoms with Crippen LogP contribution in [0.25, 0.3) is 0 Å². The van der Waals surface area contributed by atoms with Gasteiger partial charge < -0.3 is 9.47 Å². The average Bonchev–Trinajstić information content (AvgIpc) is 2.28. The number of ether oxygens (including phenoxy) is 2. The van der Waals surface area contributed by atoms with Crippen LogP contribution in [0.5, 0.6) is 11.5 Å². The third-order valence-electron chi connectivity index (χ3n) is 1.87. The molecular weight excluding hydrogens is 212 g/mol. The van der Waals surface area contributed by atoms with Crippen LogP contribution in [0.4, 0.5) is 5.69 Å². The van der Waals surface area contributed by atoms with Gasteiger partial charge in [-0.25, -0.2) is 0 Å². The van der Waals surface area contributed by atoms with E-state index in [9.17, 15) is 10.1 Å². The number of rotatable bonds is 4. The van der Waals surface area contributed by atoms with Crippen LogP contribution in [0.15, 0.2) is 12.1 Å². The largest absolute Gasteiger partial charge is 0.492 e. The molecule has 0 fully saturated rings. The number of nitrogens with zero attached hydrogens (tertiary/aromatic N) is 2. The topological polar surface area (TPSA) is 85.4 Å². The van der Waals surface area contributed by atoms with Crippen LogP contribution in [0.2, 0.25) is 0 Å². The normalized spacial score (nSPS) is 9.31. The summed E-state index contributed by atoms with van der Waals surface area (Å²) in [5.41, 5.74) is -0.110. The summed E-state index contributed by atoms with van der Waals surface area (Å²) in [6.07, 6.45) is 0. The SMILES string of the molecule is CCOc1cc([N+](=O)[O-])cc(C#N)c1OC. The Bertz CT molecular complexity index is 451. The lowest BCUT2D eigenvalue weighted by molar-refractivity contribution is -0.385. The highest BCUT2D eigenvalue weighted by atomic mass is 16.6. The molecule has 0 aliphatic heterocycles. The second-order valence-electron chi connectivity index (χ2n) is 2.83. The Morgan fingerprint density at radius 1 is 1.56 bits per heavy atom. The first kappa shape index (κ1) is 11.8. The van der Waals surface area contributed by atoms with E-state index in [0.717, 1.165) is 6.07 Å². The van der Waals surface area contributed by atoms with Gasteiger partial charge in [0.2, 0.25) is 0 Å². The molecule has 1 aromatic rings. The fourth-order valence-electron chi connectivity index (χ4n) is 1.25. The predicted molar refractivity (Wildman–Crippen MR) is 55.5 cm³/mol. The summed E-state index contributed by atoms with van der Waals surface area (Å²) in [5.74, 6) is 0.422. The summed E-state index contributed by atoms with van der Waals surface area (Å²) in [6, 6.07) is 4.22. The van der Waals surface area contributed by atoms with Crippen LogP contribution in [-0.2, 0) is 0 Å². The zero-order valence-corrected chi connectivity index (χ0v) is 8.89. The molecule has 16 heavy (non-hydrogen) atoms. The Morgan fingerprint density at radius 2 is 2.25 bits per heavy atom. The molecule has 0 bridgehead atoms. The number of benzene rings is 1. The first-order valence-corrected chi connectivity index (χ1v) is 4.53. The van der Waals surface area contributed by atoms with E-state index in [1.54, 1.807) is 6.92 Å². The lowest BCUT2D eigenvalue weighted by Gasteiger charge is -2.09. The molecule has 0 saturated heterocycles. The standard InChI is InChI=1S/C10H10N2O4/c1-3-16-9-5-8(12(13)14)4-7(6-11)10(9)15-2/h4-5H,3H2,1-2H3. The molecule has 6 heteroatoms. The number of nitro groups is 1. The van der Waals surface area contributed by atoms with Gasteiger partial charge in [0.1, 0.15) is 11.6 Å². The van der Waals surface area contributed by atoms with Crippen molar-refractivity contribution in [1.82, 2.24) is 0 Å². The van der Waals surface area contributed by atoms with Gasteiger partial charge in [-0.05, 0) is 6.92 Å². The second kappa shape index (κ2) is 4.98. The van der Waals surface area contributed by atoms with Crippen molar-refractivity contribution in [2.75, 3.05) is 13.7 Å². The number of nitriles is 1. The second-order valence-corrected chi connectivity index (χ2v) is 2.83. The smallest absolute Gasteiger partial charge is 0.274 e. The summed E-state index contributed by atoms with van der Waals surface area (Å²) in [6.45, 7) is 2.08. The molecule has 1 rings (SSSR count). The lowest BCUT2D eigenvalue weighted by atomic mass is 10.2. The van der Waals surface area contributed by atoms with Gasteiger partial charge in [-0.1, -0.05) is 0 Å². The van der Waals surface area contributed by atoms with Gasteiger partial charge in [0.25, 0.3) is 5.69 Å². The van der Waals surface area contributed by atoms with Crippen molar-refractivity contribution in [2.24, 2.45) is 0 Å². The monoisotopic (exact) mass is 222 g/mol. The van der Waals surface area contributed by atoms with Crippen LogP contribution in [0, 0.1) is 21.4 Å². The molecule has 0 aromatic heterocycles. The summed E-state index contributed by atoms with van der Waals surface area (Å²) < 4.78 is 10.2. The van der Waals surface area contributed by atoms with E-state index in [1.807, 2.05) is 6.07 Å². The minimum Gasteiger partial charge on any atom is -0.492 e. The Hall–Kier alpha value is -2.29. The first-order chi connectivity index (χ1) is 7.63. The molecule has 84 valence electrons. The van der Waals surface area contributed by atoms with E-state index in [-0.39, 0.29) is 22.7 Å². The molecule has 0 aliphatic carbocycles. The van der Waals surface area contributed by atoms with Gasteiger partial charge in [-0.2, -0.15) is 5.26 Å². The van der Waals surface area contributed by atoms with Crippen molar-refractivity contribution in [1.29, 1.82) is 5.26 Å². The Morgan fingerprint density at radius 3 is 2.69 bits per heavy atom. The molecule has 0 aliphatic rings. The molecule has 0 radical (unpaired) electrons. The fourth-order valence-corrected chi connectivity index (χ4v) is 1.25. The van der Waals surface area contributed by atoms with Crippen molar-refractivity contribution < 1.29 is 14.4 Å². The van der Waals surface area contributed by atoms with Gasteiger partial charge >= 0.3 is 0 Å². The van der Waals surface area contributed by atoms with E-state index < -0.39 is 4.92 Å². The molecule has 0 unspecified atom stereocenters. The van der Waals surface area contributed by atoms with Gasteiger partial charge in [0, 0.05) is 6.07 Å². The van der Waals surface area contributed by atoms with Crippen LogP contribution < -0.4 is 9.47 Å². The molecule has 1 aromatic carbocycles. The van der Waals surface area contributed by atoms with Crippen molar-refractivity contribution in [3.8, 4) is 17.6 Å². The number of nitro benzene ring substituents is 1. The minimum atomic E-state index is -0.581. The van der Waals surface area contributed by atoms with E-state index >= 15 is 0 Å². The molecule has 0 atom stereocenters. The summed E-state index contributed by atoms with van der Waals surface area (Å²) >= 11 is 0. The highest BCUT2D eigenvalue weighted by molar-refractivity contribution is 5.58. The number of non-ortho nitro benzene ring substituents is 1. The average molecular weight is 222 g/mol. The first-order valence-electron chi connectivity index (χ1n) is 4.53. The molecule has 0 spiro atoms. The van der Waals surface area contributed by atoms with Crippen molar-refractivity contribution in [3.05, 3.63) is 27.8 Å². The van der Waals surface area contributed by atoms with Crippen LogP contribution in [-0.4, -0.2) is 18.6 Å².